The van der Waals surface area contributed by atoms with Gasteiger partial charge in [0, 0.05) is 11.6 Å². The van der Waals surface area contributed by atoms with Crippen molar-refractivity contribution in [2.75, 3.05) is 6.54 Å². The van der Waals surface area contributed by atoms with Crippen LogP contribution in [0.5, 0.6) is 5.75 Å². The van der Waals surface area contributed by atoms with E-state index in [2.05, 4.69) is 5.32 Å². The Morgan fingerprint density at radius 1 is 1.19 bits per heavy atom. The van der Waals surface area contributed by atoms with Gasteiger partial charge in [0.15, 0.2) is 0 Å². The number of aliphatic hydroxyl groups excluding tert-OH is 1. The van der Waals surface area contributed by atoms with Crippen molar-refractivity contribution in [1.29, 1.82) is 0 Å². The fourth-order valence-electron chi connectivity index (χ4n) is 2.28. The molecule has 2 rings (SSSR count). The van der Waals surface area contributed by atoms with Crippen molar-refractivity contribution in [3.63, 3.8) is 0 Å². The van der Waals surface area contributed by atoms with Crippen LogP contribution in [0.2, 0.25) is 0 Å². The molecule has 0 bridgehead atoms. The Hall–Kier alpha value is -1.06. The molecular formula is C13H19NO2. The van der Waals surface area contributed by atoms with E-state index in [0.29, 0.717) is 5.56 Å². The van der Waals surface area contributed by atoms with Crippen molar-refractivity contribution < 1.29 is 10.2 Å². The Morgan fingerprint density at radius 2 is 2.00 bits per heavy atom. The monoisotopic (exact) mass is 221 g/mol. The molecule has 16 heavy (non-hydrogen) atoms. The Morgan fingerprint density at radius 3 is 2.81 bits per heavy atom. The molecule has 2 atom stereocenters. The number of aliphatic hydroxyl groups is 1. The van der Waals surface area contributed by atoms with Crippen LogP contribution in [0.15, 0.2) is 24.3 Å². The maximum atomic E-state index is 10.2. The van der Waals surface area contributed by atoms with E-state index in [1.807, 2.05) is 6.07 Å². The second-order valence-corrected chi connectivity index (χ2v) is 4.41. The highest BCUT2D eigenvalue weighted by molar-refractivity contribution is 5.34. The van der Waals surface area contributed by atoms with Crippen LogP contribution in [0.25, 0.3) is 0 Å². The van der Waals surface area contributed by atoms with Crippen molar-refractivity contribution in [3.05, 3.63) is 29.8 Å². The molecule has 3 N–H and O–H groups in total. The molecule has 0 aliphatic carbocycles. The maximum Gasteiger partial charge on any atom is 0.121 e. The van der Waals surface area contributed by atoms with Crippen LogP contribution in [-0.4, -0.2) is 22.8 Å². The zero-order valence-corrected chi connectivity index (χ0v) is 9.39. The third-order valence-electron chi connectivity index (χ3n) is 3.23. The number of nitrogens with one attached hydrogen (secondary N) is 1. The summed E-state index contributed by atoms with van der Waals surface area (Å²) in [5.74, 6) is 0.182. The van der Waals surface area contributed by atoms with E-state index in [-0.39, 0.29) is 11.8 Å². The average Bonchev–Trinajstić information content (AvgIpc) is 2.57. The Labute approximate surface area is 96.1 Å². The molecule has 0 aromatic heterocycles. The van der Waals surface area contributed by atoms with Crippen LogP contribution >= 0.6 is 0 Å². The highest BCUT2D eigenvalue weighted by Crippen LogP contribution is 2.28. The number of benzene rings is 1. The summed E-state index contributed by atoms with van der Waals surface area (Å²) in [6.07, 6.45) is 3.89. The smallest absolute Gasteiger partial charge is 0.121 e. The van der Waals surface area contributed by atoms with E-state index < -0.39 is 6.10 Å². The SMILES string of the molecule is Oc1ccccc1C(O)C1CCCCCN1. The van der Waals surface area contributed by atoms with Crippen molar-refractivity contribution in [1.82, 2.24) is 5.32 Å². The quantitative estimate of drug-likeness (QED) is 0.715. The van der Waals surface area contributed by atoms with E-state index in [4.69, 9.17) is 0 Å². The second kappa shape index (κ2) is 5.32. The first-order valence-electron chi connectivity index (χ1n) is 5.98. The minimum Gasteiger partial charge on any atom is -0.508 e. The molecule has 0 amide bonds. The van der Waals surface area contributed by atoms with Crippen LogP contribution < -0.4 is 5.32 Å². The van der Waals surface area contributed by atoms with E-state index in [0.717, 1.165) is 19.4 Å². The van der Waals surface area contributed by atoms with Gasteiger partial charge in [0.25, 0.3) is 0 Å². The van der Waals surface area contributed by atoms with Gasteiger partial charge in [0.2, 0.25) is 0 Å². The molecule has 0 spiro atoms. The van der Waals surface area contributed by atoms with Gasteiger partial charge in [-0.05, 0) is 25.5 Å². The molecule has 0 radical (unpaired) electrons. The molecule has 2 unspecified atom stereocenters. The largest absolute Gasteiger partial charge is 0.508 e. The zero-order valence-electron chi connectivity index (χ0n) is 9.39. The highest BCUT2D eigenvalue weighted by atomic mass is 16.3. The second-order valence-electron chi connectivity index (χ2n) is 4.41. The summed E-state index contributed by atoms with van der Waals surface area (Å²) in [6.45, 7) is 0.954. The van der Waals surface area contributed by atoms with E-state index in [9.17, 15) is 10.2 Å². The van der Waals surface area contributed by atoms with Gasteiger partial charge >= 0.3 is 0 Å². The van der Waals surface area contributed by atoms with Gasteiger partial charge in [0.1, 0.15) is 5.75 Å². The van der Waals surface area contributed by atoms with Gasteiger partial charge in [0.05, 0.1) is 6.10 Å². The fraction of sp³-hybridized carbons (Fsp3) is 0.538. The van der Waals surface area contributed by atoms with Crippen LogP contribution in [-0.2, 0) is 0 Å². The molecule has 3 heteroatoms. The topological polar surface area (TPSA) is 52.5 Å². The molecule has 3 nitrogen and oxygen atoms in total. The van der Waals surface area contributed by atoms with Crippen LogP contribution in [0.4, 0.5) is 0 Å². The van der Waals surface area contributed by atoms with Crippen molar-refractivity contribution in [3.8, 4) is 5.75 Å². The molecule has 1 aromatic carbocycles. The number of hydrogen-bond donors (Lipinski definition) is 3. The number of aromatic hydroxyl groups is 1. The molecule has 0 saturated carbocycles. The minimum atomic E-state index is -0.612. The van der Waals surface area contributed by atoms with Crippen LogP contribution in [0.1, 0.15) is 37.4 Å². The predicted molar refractivity (Wildman–Crippen MR) is 63.3 cm³/mol. The molecule has 88 valence electrons. The normalized spacial score (nSPS) is 23.7. The Bertz CT molecular complexity index is 332. The maximum absolute atomic E-state index is 10.2. The van der Waals surface area contributed by atoms with Gasteiger partial charge in [-0.15, -0.1) is 0 Å². The summed E-state index contributed by atoms with van der Waals surface area (Å²) in [4.78, 5) is 0. The number of para-hydroxylation sites is 1. The molecule has 1 aliphatic heterocycles. The predicted octanol–water partition coefficient (Wildman–Crippen LogP) is 1.96. The van der Waals surface area contributed by atoms with E-state index >= 15 is 0 Å². The lowest BCUT2D eigenvalue weighted by atomic mass is 9.98. The van der Waals surface area contributed by atoms with Gasteiger partial charge in [-0.3, -0.25) is 0 Å². The van der Waals surface area contributed by atoms with E-state index in [1.54, 1.807) is 18.2 Å². The summed E-state index contributed by atoms with van der Waals surface area (Å²) in [5, 5.41) is 23.3. The summed E-state index contributed by atoms with van der Waals surface area (Å²) in [7, 11) is 0. The first-order valence-corrected chi connectivity index (χ1v) is 5.98. The fourth-order valence-corrected chi connectivity index (χ4v) is 2.28. The summed E-state index contributed by atoms with van der Waals surface area (Å²) >= 11 is 0. The zero-order chi connectivity index (χ0) is 11.4. The van der Waals surface area contributed by atoms with Crippen molar-refractivity contribution >= 4 is 0 Å². The molecule has 1 aromatic rings. The third-order valence-corrected chi connectivity index (χ3v) is 3.23. The Balaban J connectivity index is 2.11. The number of phenolic OH excluding ortho intramolecular Hbond substituents is 1. The van der Waals surface area contributed by atoms with Crippen LogP contribution in [0.3, 0.4) is 0 Å². The number of rotatable bonds is 2. The molecule has 1 saturated heterocycles. The molecule has 1 aliphatic rings. The van der Waals surface area contributed by atoms with Gasteiger partial charge in [-0.25, -0.2) is 0 Å². The van der Waals surface area contributed by atoms with Crippen molar-refractivity contribution in [2.45, 2.75) is 37.8 Å². The number of hydrogen-bond acceptors (Lipinski definition) is 3. The number of phenols is 1. The van der Waals surface area contributed by atoms with Crippen LogP contribution in [0, 0.1) is 0 Å². The van der Waals surface area contributed by atoms with E-state index in [1.165, 1.54) is 12.8 Å². The van der Waals surface area contributed by atoms with Gasteiger partial charge in [-0.2, -0.15) is 0 Å². The first kappa shape index (κ1) is 11.4. The van der Waals surface area contributed by atoms with Gasteiger partial charge in [-0.1, -0.05) is 31.0 Å². The summed E-state index contributed by atoms with van der Waals surface area (Å²) < 4.78 is 0. The first-order chi connectivity index (χ1) is 7.79. The minimum absolute atomic E-state index is 0.0656. The highest BCUT2D eigenvalue weighted by Gasteiger charge is 2.23. The van der Waals surface area contributed by atoms with Gasteiger partial charge < -0.3 is 15.5 Å². The lowest BCUT2D eigenvalue weighted by Crippen LogP contribution is -2.34. The standard InChI is InChI=1S/C13H19NO2/c15-12-8-4-3-6-10(12)13(16)11-7-2-1-5-9-14-11/h3-4,6,8,11,13-16H,1-2,5,7,9H2. The summed E-state index contributed by atoms with van der Waals surface area (Å²) in [5.41, 5.74) is 0.627. The lowest BCUT2D eigenvalue weighted by molar-refractivity contribution is 0.123. The third kappa shape index (κ3) is 2.54. The average molecular weight is 221 g/mol. The summed E-state index contributed by atoms with van der Waals surface area (Å²) in [6, 6.07) is 7.08. The lowest BCUT2D eigenvalue weighted by Gasteiger charge is -2.23. The molecule has 1 fully saturated rings. The van der Waals surface area contributed by atoms with Crippen molar-refractivity contribution in [2.24, 2.45) is 0 Å². The Kier molecular flexibility index (Phi) is 3.80. The molecular weight excluding hydrogens is 202 g/mol. The molecule has 1 heterocycles.